The molecule has 1 heterocycles. The van der Waals surface area contributed by atoms with E-state index < -0.39 is 22.9 Å². The molecule has 0 atom stereocenters. The fraction of sp³-hybridized carbons (Fsp3) is 0.0769. The van der Waals surface area contributed by atoms with Crippen LogP contribution in [0.4, 0.5) is 11.4 Å². The summed E-state index contributed by atoms with van der Waals surface area (Å²) in [6.45, 7) is 1.71. The molecular weight excluding hydrogens is 501 g/mol. The van der Waals surface area contributed by atoms with Crippen LogP contribution in [0, 0.1) is 6.92 Å². The highest BCUT2D eigenvalue weighted by Gasteiger charge is 2.21. The lowest BCUT2D eigenvalue weighted by Crippen LogP contribution is -2.19. The average Bonchev–Trinajstić information content (AvgIpc) is 3.10. The van der Waals surface area contributed by atoms with Crippen LogP contribution < -0.4 is 10.9 Å². The second-order valence-corrected chi connectivity index (χ2v) is 8.54. The molecule has 0 aliphatic rings. The van der Waals surface area contributed by atoms with Gasteiger partial charge in [-0.15, -0.1) is 10.2 Å². The minimum atomic E-state index is -0.813. The van der Waals surface area contributed by atoms with Gasteiger partial charge in [0, 0.05) is 12.6 Å². The van der Waals surface area contributed by atoms with Crippen LogP contribution in [0.1, 0.15) is 11.3 Å². The molecule has 0 saturated carbocycles. The maximum atomic E-state index is 13.2. The summed E-state index contributed by atoms with van der Waals surface area (Å²) in [6, 6.07) is 22.2. The molecule has 182 valence electrons. The van der Waals surface area contributed by atoms with Crippen molar-refractivity contribution in [3.05, 3.63) is 116 Å². The van der Waals surface area contributed by atoms with E-state index in [0.717, 1.165) is 0 Å². The molecule has 2 N–H and O–H groups in total. The van der Waals surface area contributed by atoms with Crippen molar-refractivity contribution in [3.63, 3.8) is 0 Å². The van der Waals surface area contributed by atoms with Crippen molar-refractivity contribution in [3.8, 4) is 5.69 Å². The molecule has 3 aromatic carbocycles. The van der Waals surface area contributed by atoms with Crippen molar-refractivity contribution in [1.82, 2.24) is 9.36 Å². The normalized spacial score (nSPS) is 12.0. The van der Waals surface area contributed by atoms with Crippen molar-refractivity contribution in [2.24, 2.45) is 17.3 Å². The molecule has 0 spiro atoms. The Labute approximate surface area is 216 Å². The lowest BCUT2D eigenvalue weighted by molar-refractivity contribution is -0.112. The van der Waals surface area contributed by atoms with E-state index in [1.54, 1.807) is 79.3 Å². The minimum Gasteiger partial charge on any atom is -0.505 e. The second kappa shape index (κ2) is 10.6. The number of rotatable bonds is 6. The number of aliphatic hydroxyl groups is 1. The van der Waals surface area contributed by atoms with E-state index in [4.69, 9.17) is 23.2 Å². The topological polar surface area (TPSA) is 101 Å². The maximum absolute atomic E-state index is 13.2. The number of hydrogen-bond donors (Lipinski definition) is 2. The summed E-state index contributed by atoms with van der Waals surface area (Å²) >= 11 is 12.4. The first kappa shape index (κ1) is 25.0. The van der Waals surface area contributed by atoms with Gasteiger partial charge in [0.1, 0.15) is 0 Å². The van der Waals surface area contributed by atoms with E-state index in [-0.39, 0.29) is 21.4 Å². The van der Waals surface area contributed by atoms with E-state index in [2.05, 4.69) is 15.5 Å². The highest BCUT2D eigenvalue weighted by Crippen LogP contribution is 2.31. The lowest BCUT2D eigenvalue weighted by Gasteiger charge is -2.10. The lowest BCUT2D eigenvalue weighted by atomic mass is 10.1. The van der Waals surface area contributed by atoms with Gasteiger partial charge in [0.2, 0.25) is 0 Å². The number of anilines is 1. The van der Waals surface area contributed by atoms with Crippen molar-refractivity contribution in [2.45, 2.75) is 6.92 Å². The quantitative estimate of drug-likeness (QED) is 0.173. The number of para-hydroxylation sites is 2. The van der Waals surface area contributed by atoms with Gasteiger partial charge in [-0.1, -0.05) is 77.8 Å². The van der Waals surface area contributed by atoms with Crippen LogP contribution >= 0.6 is 23.2 Å². The zero-order valence-corrected chi connectivity index (χ0v) is 20.8. The van der Waals surface area contributed by atoms with Gasteiger partial charge in [0.25, 0.3) is 11.5 Å². The summed E-state index contributed by atoms with van der Waals surface area (Å²) < 4.78 is 3.07. The third-order valence-corrected chi connectivity index (χ3v) is 6.09. The number of aliphatic hydroxyl groups excluding tert-OH is 1. The summed E-state index contributed by atoms with van der Waals surface area (Å²) in [5.41, 5.74) is 0.803. The third kappa shape index (κ3) is 4.95. The summed E-state index contributed by atoms with van der Waals surface area (Å²) in [6.07, 6.45) is 0. The Hall–Kier alpha value is -4.14. The number of carbonyl (C=O) groups is 1. The first-order chi connectivity index (χ1) is 17.3. The SMILES string of the molecule is Cc1c(N=N/C(C(=O)Nc2c(Cl)cccc2Cl)=C(\O)c2ccccc2)c(=O)n(-c2ccccc2)n1C. The number of aromatic nitrogens is 2. The van der Waals surface area contributed by atoms with Crippen LogP contribution in [0.3, 0.4) is 0 Å². The summed E-state index contributed by atoms with van der Waals surface area (Å²) in [5.74, 6) is -1.25. The number of hydrogen-bond acceptors (Lipinski definition) is 5. The van der Waals surface area contributed by atoms with E-state index in [1.807, 2.05) is 18.2 Å². The molecular formula is C26H21Cl2N5O3. The fourth-order valence-electron chi connectivity index (χ4n) is 3.49. The van der Waals surface area contributed by atoms with Gasteiger partial charge in [-0.2, -0.15) is 0 Å². The maximum Gasteiger partial charge on any atom is 0.299 e. The van der Waals surface area contributed by atoms with E-state index >= 15 is 0 Å². The first-order valence-corrected chi connectivity index (χ1v) is 11.5. The van der Waals surface area contributed by atoms with E-state index in [9.17, 15) is 14.7 Å². The molecule has 1 aromatic heterocycles. The summed E-state index contributed by atoms with van der Waals surface area (Å²) in [7, 11) is 1.72. The van der Waals surface area contributed by atoms with Gasteiger partial charge >= 0.3 is 0 Å². The zero-order valence-electron chi connectivity index (χ0n) is 19.3. The third-order valence-electron chi connectivity index (χ3n) is 5.46. The Morgan fingerprint density at radius 1 is 0.917 bits per heavy atom. The van der Waals surface area contributed by atoms with Crippen LogP contribution in [0.5, 0.6) is 0 Å². The number of amides is 1. The Morgan fingerprint density at radius 2 is 1.50 bits per heavy atom. The number of carbonyl (C=O) groups excluding carboxylic acids is 1. The molecule has 0 bridgehead atoms. The van der Waals surface area contributed by atoms with Crippen LogP contribution in [-0.2, 0) is 11.8 Å². The standard InChI is InChI=1S/C26H21Cl2N5O3/c1-16-21(26(36)33(32(16)2)18-12-7-4-8-13-18)30-31-23(24(34)17-10-5-3-6-11-17)25(35)29-22-19(27)14-9-15-20(22)28/h3-15,34H,1-2H3,(H,29,35)/b24-23-,31-30?. The van der Waals surface area contributed by atoms with Crippen molar-refractivity contribution < 1.29 is 9.90 Å². The number of azo groups is 1. The average molecular weight is 522 g/mol. The zero-order chi connectivity index (χ0) is 25.8. The molecule has 1 amide bonds. The Bertz CT molecular complexity index is 1520. The Morgan fingerprint density at radius 3 is 2.11 bits per heavy atom. The van der Waals surface area contributed by atoms with E-state index in [1.165, 1.54) is 4.68 Å². The minimum absolute atomic E-state index is 0.0169. The molecule has 0 saturated heterocycles. The van der Waals surface area contributed by atoms with Crippen LogP contribution in [0.2, 0.25) is 10.0 Å². The largest absolute Gasteiger partial charge is 0.505 e. The fourth-order valence-corrected chi connectivity index (χ4v) is 3.98. The molecule has 0 radical (unpaired) electrons. The number of halogens is 2. The predicted molar refractivity (Wildman–Crippen MR) is 141 cm³/mol. The number of benzene rings is 3. The number of nitrogens with one attached hydrogen (secondary N) is 1. The van der Waals surface area contributed by atoms with Gasteiger partial charge < -0.3 is 10.4 Å². The van der Waals surface area contributed by atoms with Crippen molar-refractivity contribution in [1.29, 1.82) is 0 Å². The smallest absolute Gasteiger partial charge is 0.299 e. The van der Waals surface area contributed by atoms with Crippen molar-refractivity contribution in [2.75, 3.05) is 5.32 Å². The van der Waals surface area contributed by atoms with Gasteiger partial charge in [-0.25, -0.2) is 4.68 Å². The summed E-state index contributed by atoms with van der Waals surface area (Å²) in [4.78, 5) is 26.4. The van der Waals surface area contributed by atoms with Gasteiger partial charge in [-0.05, 0) is 31.2 Å². The predicted octanol–water partition coefficient (Wildman–Crippen LogP) is 6.44. The van der Waals surface area contributed by atoms with Crippen LogP contribution in [0.15, 0.2) is 99.6 Å². The van der Waals surface area contributed by atoms with Crippen LogP contribution in [-0.4, -0.2) is 20.4 Å². The monoisotopic (exact) mass is 521 g/mol. The molecule has 4 aromatic rings. The van der Waals surface area contributed by atoms with Gasteiger partial charge in [0.05, 0.1) is 27.1 Å². The highest BCUT2D eigenvalue weighted by atomic mass is 35.5. The Balaban J connectivity index is 1.80. The molecule has 10 heteroatoms. The molecule has 0 aliphatic heterocycles. The summed E-state index contributed by atoms with van der Waals surface area (Å²) in [5, 5.41) is 22.0. The van der Waals surface area contributed by atoms with Crippen molar-refractivity contribution >= 4 is 46.2 Å². The molecule has 36 heavy (non-hydrogen) atoms. The molecule has 0 fully saturated rings. The molecule has 4 rings (SSSR count). The van der Waals surface area contributed by atoms with E-state index in [0.29, 0.717) is 16.9 Å². The second-order valence-electron chi connectivity index (χ2n) is 7.72. The highest BCUT2D eigenvalue weighted by molar-refractivity contribution is 6.40. The van der Waals surface area contributed by atoms with Crippen LogP contribution in [0.25, 0.3) is 11.4 Å². The Kier molecular flexibility index (Phi) is 7.38. The molecule has 8 nitrogen and oxygen atoms in total. The van der Waals surface area contributed by atoms with Gasteiger partial charge in [-0.3, -0.25) is 14.3 Å². The molecule has 0 unspecified atom stereocenters. The van der Waals surface area contributed by atoms with Gasteiger partial charge in [0.15, 0.2) is 17.1 Å². The molecule has 0 aliphatic carbocycles. The first-order valence-electron chi connectivity index (χ1n) is 10.8. The number of nitrogens with zero attached hydrogens (tertiary/aromatic N) is 4.